The molecule has 11 heavy (non-hydrogen) atoms. The Bertz CT molecular complexity index is 198. The molecule has 2 N–H and O–H groups in total. The molecule has 0 rings (SSSR count). The van der Waals surface area contributed by atoms with E-state index in [1.165, 1.54) is 0 Å². The first-order valence-corrected chi connectivity index (χ1v) is 3.17. The van der Waals surface area contributed by atoms with Crippen LogP contribution in [0.25, 0.3) is 0 Å². The Hall–Kier alpha value is 0.0800. The number of hydrogen-bond donors (Lipinski definition) is 2. The van der Waals surface area contributed by atoms with Crippen LogP contribution in [0, 0.1) is 0 Å². The van der Waals surface area contributed by atoms with Gasteiger partial charge in [0.2, 0.25) is 10.4 Å². The van der Waals surface area contributed by atoms with Gasteiger partial charge < -0.3 is 9.66 Å². The SMILES string of the molecule is C=CC(=O)O.O=S(=O)([O-])O.[Na+]. The Morgan fingerprint density at radius 2 is 1.64 bits per heavy atom. The molecule has 0 fully saturated rings. The minimum atomic E-state index is -4.92. The molecule has 8 heteroatoms. The van der Waals surface area contributed by atoms with E-state index >= 15 is 0 Å². The van der Waals surface area contributed by atoms with Crippen LogP contribution in [-0.2, 0) is 15.2 Å². The van der Waals surface area contributed by atoms with E-state index in [-0.39, 0.29) is 29.6 Å². The van der Waals surface area contributed by atoms with Gasteiger partial charge in [0.05, 0.1) is 0 Å². The first-order valence-electron chi connectivity index (χ1n) is 1.81. The fourth-order valence-corrected chi connectivity index (χ4v) is 0. The molecule has 0 spiro atoms. The molecular formula is C3H5NaO6S. The summed E-state index contributed by atoms with van der Waals surface area (Å²) in [7, 11) is -4.92. The van der Waals surface area contributed by atoms with Gasteiger partial charge in [-0.3, -0.25) is 4.55 Å². The molecule has 0 aromatic carbocycles. The Morgan fingerprint density at radius 1 is 1.55 bits per heavy atom. The zero-order valence-corrected chi connectivity index (χ0v) is 8.54. The second kappa shape index (κ2) is 8.18. The van der Waals surface area contributed by atoms with Crippen molar-refractivity contribution >= 4 is 16.4 Å². The van der Waals surface area contributed by atoms with Crippen LogP contribution in [0.2, 0.25) is 0 Å². The molecule has 0 aliphatic carbocycles. The maximum absolute atomic E-state index is 9.25. The Labute approximate surface area is 85.8 Å². The Balaban J connectivity index is -0.000000107. The second-order valence-corrected chi connectivity index (χ2v) is 1.83. The normalized spacial score (nSPS) is 8.18. The van der Waals surface area contributed by atoms with Gasteiger partial charge in [-0.2, -0.15) is 0 Å². The van der Waals surface area contributed by atoms with Crippen LogP contribution in [0.4, 0.5) is 0 Å². The van der Waals surface area contributed by atoms with Crippen LogP contribution in [0.15, 0.2) is 12.7 Å². The molecule has 0 saturated heterocycles. The van der Waals surface area contributed by atoms with Crippen LogP contribution in [0.3, 0.4) is 0 Å². The van der Waals surface area contributed by atoms with Gasteiger partial charge in [0, 0.05) is 6.08 Å². The fourth-order valence-electron chi connectivity index (χ4n) is 0. The average Bonchev–Trinajstić information content (AvgIpc) is 1.61. The molecule has 0 aromatic rings. The smallest absolute Gasteiger partial charge is 0.726 e. The molecule has 0 saturated carbocycles. The van der Waals surface area contributed by atoms with Crippen LogP contribution in [0.5, 0.6) is 0 Å². The molecule has 0 heterocycles. The van der Waals surface area contributed by atoms with E-state index in [1.807, 2.05) is 0 Å². The Kier molecular flexibility index (Phi) is 12.8. The van der Waals surface area contributed by atoms with Gasteiger partial charge in [0.15, 0.2) is 0 Å². The van der Waals surface area contributed by atoms with Crippen LogP contribution >= 0.6 is 0 Å². The monoisotopic (exact) mass is 192 g/mol. The summed E-state index contributed by atoms with van der Waals surface area (Å²) in [5.41, 5.74) is 0. The molecule has 0 bridgehead atoms. The first kappa shape index (κ1) is 17.2. The summed E-state index contributed by atoms with van der Waals surface area (Å²) >= 11 is 0. The largest absolute Gasteiger partial charge is 1.00 e. The van der Waals surface area contributed by atoms with E-state index in [9.17, 15) is 4.79 Å². The van der Waals surface area contributed by atoms with Crippen molar-refractivity contribution in [3.8, 4) is 0 Å². The molecule has 0 aliphatic rings. The van der Waals surface area contributed by atoms with Crippen molar-refractivity contribution in [1.29, 1.82) is 0 Å². The van der Waals surface area contributed by atoms with Crippen molar-refractivity contribution in [3.05, 3.63) is 12.7 Å². The molecule has 6 nitrogen and oxygen atoms in total. The van der Waals surface area contributed by atoms with Gasteiger partial charge in [0.1, 0.15) is 0 Å². The standard InChI is InChI=1S/C3H4O2.Na.H2O4S/c1-2-3(4)5;;1-5(2,3)4/h2H,1H2,(H,4,5);;(H2,1,2,3,4)/q;+1;/p-1. The van der Waals surface area contributed by atoms with Gasteiger partial charge in [-0.05, 0) is 0 Å². The van der Waals surface area contributed by atoms with Crippen molar-refractivity contribution in [2.24, 2.45) is 0 Å². The summed E-state index contributed by atoms with van der Waals surface area (Å²) < 4.78 is 32.8. The van der Waals surface area contributed by atoms with Crippen LogP contribution in [0.1, 0.15) is 0 Å². The van der Waals surface area contributed by atoms with Crippen LogP contribution in [-0.4, -0.2) is 28.6 Å². The fraction of sp³-hybridized carbons (Fsp3) is 0. The van der Waals surface area contributed by atoms with Crippen molar-refractivity contribution in [3.63, 3.8) is 0 Å². The predicted molar refractivity (Wildman–Crippen MR) is 30.2 cm³/mol. The summed E-state index contributed by atoms with van der Waals surface area (Å²) in [5, 5.41) is 7.60. The molecule has 0 unspecified atom stereocenters. The average molecular weight is 192 g/mol. The third kappa shape index (κ3) is 152. The predicted octanol–water partition coefficient (Wildman–Crippen LogP) is -3.73. The quantitative estimate of drug-likeness (QED) is 0.191. The minimum Gasteiger partial charge on any atom is -0.726 e. The molecular weight excluding hydrogens is 187 g/mol. The van der Waals surface area contributed by atoms with Gasteiger partial charge in [-0.1, -0.05) is 6.58 Å². The summed E-state index contributed by atoms with van der Waals surface area (Å²) in [6.45, 7) is 2.96. The number of carboxylic acids is 1. The van der Waals surface area contributed by atoms with Gasteiger partial charge in [-0.15, -0.1) is 0 Å². The first-order chi connectivity index (χ1) is 4.27. The van der Waals surface area contributed by atoms with E-state index in [0.29, 0.717) is 0 Å². The molecule has 0 radical (unpaired) electrons. The van der Waals surface area contributed by atoms with E-state index in [0.717, 1.165) is 6.08 Å². The number of hydrogen-bond acceptors (Lipinski definition) is 4. The summed E-state index contributed by atoms with van der Waals surface area (Å²) in [4.78, 5) is 9.25. The van der Waals surface area contributed by atoms with E-state index in [2.05, 4.69) is 6.58 Å². The minimum absolute atomic E-state index is 0. The van der Waals surface area contributed by atoms with Crippen LogP contribution < -0.4 is 29.6 Å². The van der Waals surface area contributed by atoms with E-state index < -0.39 is 16.4 Å². The maximum atomic E-state index is 9.25. The molecule has 60 valence electrons. The molecule has 0 aromatic heterocycles. The zero-order valence-electron chi connectivity index (χ0n) is 5.72. The third-order valence-corrected chi connectivity index (χ3v) is 0.175. The number of rotatable bonds is 1. The second-order valence-electron chi connectivity index (χ2n) is 0.970. The Morgan fingerprint density at radius 3 is 1.64 bits per heavy atom. The number of carboxylic acid groups (broad SMARTS) is 1. The van der Waals surface area contributed by atoms with Gasteiger partial charge in [0.25, 0.3) is 0 Å². The molecule has 0 atom stereocenters. The molecule has 0 aliphatic heterocycles. The zero-order chi connectivity index (χ0) is 8.78. The van der Waals surface area contributed by atoms with Crippen molar-refractivity contribution in [2.45, 2.75) is 0 Å². The van der Waals surface area contributed by atoms with E-state index in [1.54, 1.807) is 0 Å². The third-order valence-electron chi connectivity index (χ3n) is 0.175. The topological polar surface area (TPSA) is 115 Å². The van der Waals surface area contributed by atoms with Gasteiger partial charge in [-0.25, -0.2) is 13.2 Å². The maximum Gasteiger partial charge on any atom is 1.00 e. The van der Waals surface area contributed by atoms with E-state index in [4.69, 9.17) is 22.6 Å². The van der Waals surface area contributed by atoms with Crippen molar-refractivity contribution in [2.75, 3.05) is 0 Å². The summed E-state index contributed by atoms with van der Waals surface area (Å²) in [6.07, 6.45) is 0.833. The number of carbonyl (C=O) groups is 1. The number of aliphatic carboxylic acids is 1. The summed E-state index contributed by atoms with van der Waals surface area (Å²) in [5.74, 6) is -0.981. The summed E-state index contributed by atoms with van der Waals surface area (Å²) in [6, 6.07) is 0. The van der Waals surface area contributed by atoms with Gasteiger partial charge >= 0.3 is 35.5 Å². The van der Waals surface area contributed by atoms with Crippen molar-refractivity contribution < 1.29 is 57.0 Å². The molecule has 0 amide bonds. The van der Waals surface area contributed by atoms with Crippen molar-refractivity contribution in [1.82, 2.24) is 0 Å².